The largest absolute Gasteiger partial charge is 0.431 e. The second kappa shape index (κ2) is 8.88. The lowest BCUT2D eigenvalue weighted by molar-refractivity contribution is 0.161. The zero-order valence-corrected chi connectivity index (χ0v) is 5.81. The summed E-state index contributed by atoms with van der Waals surface area (Å²) in [7, 11) is 0. The normalized spacial score (nSPS) is 6.42. The van der Waals surface area contributed by atoms with Gasteiger partial charge in [0.2, 0.25) is 0 Å². The fourth-order valence-electron chi connectivity index (χ4n) is 0.0636. The molecular formula is C3H7N5O4. The molecule has 0 aromatic carbocycles. The minimum Gasteiger partial charge on any atom is -0.351 e. The molecule has 9 heteroatoms. The lowest BCUT2D eigenvalue weighted by Crippen LogP contribution is -2.34. The molecule has 0 aliphatic carbocycles. The summed E-state index contributed by atoms with van der Waals surface area (Å²) in [5, 5.41) is 2.39. The van der Waals surface area contributed by atoms with Gasteiger partial charge >= 0.3 is 12.1 Å². The van der Waals surface area contributed by atoms with E-state index in [1.807, 2.05) is 0 Å². The van der Waals surface area contributed by atoms with Crippen molar-refractivity contribution in [3.05, 3.63) is 0 Å². The first kappa shape index (κ1) is 12.5. The van der Waals surface area contributed by atoms with Crippen molar-refractivity contribution in [3.8, 4) is 0 Å². The number of nitrogens with two attached hydrogens (primary N) is 3. The summed E-state index contributed by atoms with van der Waals surface area (Å²) in [6.45, 7) is 0. The van der Waals surface area contributed by atoms with Gasteiger partial charge in [-0.3, -0.25) is 10.3 Å². The maximum absolute atomic E-state index is 9.49. The van der Waals surface area contributed by atoms with E-state index < -0.39 is 12.1 Å². The SMILES string of the molecule is NC(=O)ON=C=O.NNC(N)=O. The van der Waals surface area contributed by atoms with Crippen LogP contribution in [0.4, 0.5) is 9.59 Å². The van der Waals surface area contributed by atoms with Crippen LogP contribution >= 0.6 is 0 Å². The van der Waals surface area contributed by atoms with E-state index in [1.165, 1.54) is 0 Å². The third-order valence-electron chi connectivity index (χ3n) is 0.315. The smallest absolute Gasteiger partial charge is 0.351 e. The highest BCUT2D eigenvalue weighted by Crippen LogP contribution is 1.66. The minimum atomic E-state index is -1.12. The lowest BCUT2D eigenvalue weighted by Gasteiger charge is -1.81. The highest BCUT2D eigenvalue weighted by molar-refractivity contribution is 5.70. The molecule has 68 valence electrons. The van der Waals surface area contributed by atoms with Gasteiger partial charge in [0, 0.05) is 5.16 Å². The molecule has 0 radical (unpaired) electrons. The molecule has 0 aliphatic rings. The molecule has 0 unspecified atom stereocenters. The number of primary amides is 2. The van der Waals surface area contributed by atoms with Crippen molar-refractivity contribution in [1.82, 2.24) is 5.43 Å². The van der Waals surface area contributed by atoms with Gasteiger partial charge in [-0.2, -0.15) is 0 Å². The molecule has 0 rings (SSSR count). The summed E-state index contributed by atoms with van der Waals surface area (Å²) < 4.78 is 0. The number of amides is 3. The van der Waals surface area contributed by atoms with Crippen molar-refractivity contribution >= 4 is 18.2 Å². The topological polar surface area (TPSA) is 163 Å². The van der Waals surface area contributed by atoms with Crippen LogP contribution in [0.3, 0.4) is 0 Å². The van der Waals surface area contributed by atoms with Crippen molar-refractivity contribution in [2.45, 2.75) is 0 Å². The molecule has 9 nitrogen and oxygen atoms in total. The third-order valence-corrected chi connectivity index (χ3v) is 0.315. The highest BCUT2D eigenvalue weighted by atomic mass is 16.7. The molecular weight excluding hydrogens is 170 g/mol. The van der Waals surface area contributed by atoms with E-state index in [1.54, 1.807) is 5.43 Å². The molecule has 0 spiro atoms. The van der Waals surface area contributed by atoms with Crippen molar-refractivity contribution in [2.75, 3.05) is 0 Å². The number of nitrogens with zero attached hydrogens (tertiary/aromatic N) is 1. The number of rotatable bonds is 1. The van der Waals surface area contributed by atoms with E-state index in [0.717, 1.165) is 6.08 Å². The van der Waals surface area contributed by atoms with Crippen LogP contribution in [0.1, 0.15) is 0 Å². The monoisotopic (exact) mass is 177 g/mol. The summed E-state index contributed by atoms with van der Waals surface area (Å²) in [4.78, 5) is 31.5. The molecule has 0 atom stereocenters. The Hall–Kier alpha value is -2.12. The predicted octanol–water partition coefficient (Wildman–Crippen LogP) is -2.14. The van der Waals surface area contributed by atoms with Gasteiger partial charge in [0.05, 0.1) is 0 Å². The lowest BCUT2D eigenvalue weighted by atomic mass is 11.2. The van der Waals surface area contributed by atoms with E-state index in [-0.39, 0.29) is 0 Å². The molecule has 0 heterocycles. The Morgan fingerprint density at radius 2 is 1.83 bits per heavy atom. The molecule has 0 aromatic rings. The molecule has 7 N–H and O–H groups in total. The quantitative estimate of drug-likeness (QED) is 0.0894. The van der Waals surface area contributed by atoms with Gasteiger partial charge in [0.1, 0.15) is 0 Å². The number of hydrazine groups is 1. The van der Waals surface area contributed by atoms with Crippen LogP contribution in [0.25, 0.3) is 0 Å². The summed E-state index contributed by atoms with van der Waals surface area (Å²) in [5.41, 5.74) is 10.4. The van der Waals surface area contributed by atoms with Crippen molar-refractivity contribution in [1.29, 1.82) is 0 Å². The molecule has 0 saturated carbocycles. The maximum atomic E-state index is 9.49. The zero-order valence-electron chi connectivity index (χ0n) is 5.81. The van der Waals surface area contributed by atoms with Gasteiger partial charge < -0.3 is 11.5 Å². The van der Waals surface area contributed by atoms with E-state index in [9.17, 15) is 9.59 Å². The van der Waals surface area contributed by atoms with Gasteiger partial charge in [-0.05, 0) is 0 Å². The van der Waals surface area contributed by atoms with Crippen LogP contribution < -0.4 is 22.7 Å². The standard InChI is InChI=1S/C2H2N2O3.CH5N3O/c3-2(6)7-4-1-5;2-1(5)4-3/h(H2,3,6);3H2,(H3,2,4,5). The summed E-state index contributed by atoms with van der Waals surface area (Å²) in [6, 6.07) is -0.718. The summed E-state index contributed by atoms with van der Waals surface area (Å²) in [6.07, 6.45) is -0.171. The first-order valence-electron chi connectivity index (χ1n) is 2.34. The molecule has 0 fully saturated rings. The number of isocyanates is 1. The Labute approximate surface area is 66.5 Å². The molecule has 0 aromatic heterocycles. The Bertz CT molecular complexity index is 197. The molecule has 12 heavy (non-hydrogen) atoms. The first-order valence-corrected chi connectivity index (χ1v) is 2.34. The van der Waals surface area contributed by atoms with Crippen LogP contribution in [0, 0.1) is 0 Å². The van der Waals surface area contributed by atoms with E-state index in [2.05, 4.69) is 27.3 Å². The molecule has 0 saturated heterocycles. The highest BCUT2D eigenvalue weighted by Gasteiger charge is 1.84. The molecule has 0 bridgehead atoms. The van der Waals surface area contributed by atoms with E-state index in [4.69, 9.17) is 4.79 Å². The first-order chi connectivity index (χ1) is 5.54. The fraction of sp³-hybridized carbons (Fsp3) is 0. The van der Waals surface area contributed by atoms with Crippen LogP contribution in [-0.2, 0) is 9.63 Å². The van der Waals surface area contributed by atoms with Crippen LogP contribution in [0.2, 0.25) is 0 Å². The number of urea groups is 1. The second-order valence-corrected chi connectivity index (χ2v) is 1.10. The fourth-order valence-corrected chi connectivity index (χ4v) is 0.0636. The number of hydrogen-bond acceptors (Lipinski definition) is 6. The Balaban J connectivity index is 0. The van der Waals surface area contributed by atoms with Gasteiger partial charge in [-0.1, -0.05) is 0 Å². The number of carbonyl (C=O) groups is 2. The van der Waals surface area contributed by atoms with Gasteiger partial charge in [0.25, 0.3) is 6.08 Å². The maximum Gasteiger partial charge on any atom is 0.431 e. The van der Waals surface area contributed by atoms with Crippen molar-refractivity contribution in [2.24, 2.45) is 22.5 Å². The zero-order chi connectivity index (χ0) is 9.98. The average Bonchev–Trinajstić information content (AvgIpc) is 2.02. The number of nitrogens with one attached hydrogen (secondary N) is 1. The van der Waals surface area contributed by atoms with E-state index in [0.29, 0.717) is 0 Å². The Morgan fingerprint density at radius 1 is 1.42 bits per heavy atom. The average molecular weight is 177 g/mol. The number of carbonyl (C=O) groups excluding carboxylic acids is 3. The van der Waals surface area contributed by atoms with Crippen LogP contribution in [-0.4, -0.2) is 18.2 Å². The minimum absolute atomic E-state index is 0.718. The van der Waals surface area contributed by atoms with Gasteiger partial charge in [-0.15, -0.1) is 0 Å². The van der Waals surface area contributed by atoms with Gasteiger partial charge in [0.15, 0.2) is 0 Å². The predicted molar refractivity (Wildman–Crippen MR) is 35.7 cm³/mol. The third kappa shape index (κ3) is 24.8. The summed E-state index contributed by atoms with van der Waals surface area (Å²) in [5.74, 6) is 4.45. The van der Waals surface area contributed by atoms with Crippen molar-refractivity contribution < 1.29 is 19.2 Å². The summed E-state index contributed by atoms with van der Waals surface area (Å²) >= 11 is 0. The van der Waals surface area contributed by atoms with Gasteiger partial charge in [-0.25, -0.2) is 20.2 Å². The Kier molecular flexibility index (Phi) is 9.28. The molecule has 0 aliphatic heterocycles. The van der Waals surface area contributed by atoms with Crippen LogP contribution in [0.5, 0.6) is 0 Å². The van der Waals surface area contributed by atoms with E-state index >= 15 is 0 Å². The van der Waals surface area contributed by atoms with Crippen molar-refractivity contribution in [3.63, 3.8) is 0 Å². The number of hydrogen-bond donors (Lipinski definition) is 4. The second-order valence-electron chi connectivity index (χ2n) is 1.10. The Morgan fingerprint density at radius 3 is 1.92 bits per heavy atom. The van der Waals surface area contributed by atoms with Crippen LogP contribution in [0.15, 0.2) is 5.16 Å². The molecule has 3 amide bonds.